The lowest BCUT2D eigenvalue weighted by Crippen LogP contribution is -2.25. The number of nitrogens with zero attached hydrogens (tertiary/aromatic N) is 4. The lowest BCUT2D eigenvalue weighted by Gasteiger charge is -2.33. The van der Waals surface area contributed by atoms with Gasteiger partial charge >= 0.3 is 5.51 Å². The summed E-state index contributed by atoms with van der Waals surface area (Å²) >= 11 is 0. The molecular weight excluding hydrogens is 435 g/mol. The van der Waals surface area contributed by atoms with E-state index in [9.17, 15) is 21.6 Å². The molecule has 2 N–H and O–H groups in total. The zero-order chi connectivity index (χ0) is 22.2. The molecule has 1 fully saturated rings. The Morgan fingerprint density at radius 2 is 1.97 bits per heavy atom. The molecule has 2 heterocycles. The van der Waals surface area contributed by atoms with Crippen molar-refractivity contribution >= 4 is 27.3 Å². The van der Waals surface area contributed by atoms with E-state index >= 15 is 0 Å². The standard InChI is InChI=1S/C19H18F3N5O3S/c20-19(21,22)31(28,29)14-4-5-16(15(8-14)12-2-1-3-12)27(9-13-10-30-11-25-13)17-6-7-24-18(23)26-17/h4-8,10-12H,1-3,9H2,(H2,23,24,26). The Labute approximate surface area is 175 Å². The molecule has 0 atom stereocenters. The molecular formula is C19H18F3N5O3S. The molecule has 1 aliphatic carbocycles. The van der Waals surface area contributed by atoms with Gasteiger partial charge in [-0.3, -0.25) is 0 Å². The third-order valence-electron chi connectivity index (χ3n) is 5.19. The summed E-state index contributed by atoms with van der Waals surface area (Å²) < 4.78 is 68.4. The highest BCUT2D eigenvalue weighted by molar-refractivity contribution is 7.92. The fourth-order valence-corrected chi connectivity index (χ4v) is 4.20. The summed E-state index contributed by atoms with van der Waals surface area (Å²) in [7, 11) is -5.47. The van der Waals surface area contributed by atoms with Crippen LogP contribution >= 0.6 is 0 Å². The van der Waals surface area contributed by atoms with Crippen LogP contribution in [0.2, 0.25) is 0 Å². The van der Waals surface area contributed by atoms with Crippen molar-refractivity contribution in [2.75, 3.05) is 10.6 Å². The Morgan fingerprint density at radius 3 is 2.55 bits per heavy atom. The van der Waals surface area contributed by atoms with Crippen LogP contribution < -0.4 is 10.6 Å². The Morgan fingerprint density at radius 1 is 1.19 bits per heavy atom. The summed E-state index contributed by atoms with van der Waals surface area (Å²) in [6, 6.07) is 5.04. The van der Waals surface area contributed by atoms with Crippen molar-refractivity contribution in [1.29, 1.82) is 0 Å². The lowest BCUT2D eigenvalue weighted by atomic mass is 9.79. The molecule has 1 aromatic carbocycles. The fourth-order valence-electron chi connectivity index (χ4n) is 3.41. The number of alkyl halides is 3. The number of rotatable bonds is 6. The van der Waals surface area contributed by atoms with Crippen LogP contribution in [0.4, 0.5) is 30.6 Å². The first-order chi connectivity index (χ1) is 14.7. The maximum atomic E-state index is 13.1. The minimum atomic E-state index is -5.47. The van der Waals surface area contributed by atoms with Crippen molar-refractivity contribution in [1.82, 2.24) is 15.0 Å². The highest BCUT2D eigenvalue weighted by atomic mass is 32.2. The highest BCUT2D eigenvalue weighted by Crippen LogP contribution is 2.44. The molecule has 2 aromatic heterocycles. The van der Waals surface area contributed by atoms with Crippen LogP contribution in [-0.4, -0.2) is 28.9 Å². The van der Waals surface area contributed by atoms with Gasteiger partial charge in [0.15, 0.2) is 6.39 Å². The van der Waals surface area contributed by atoms with Gasteiger partial charge in [-0.25, -0.2) is 18.4 Å². The van der Waals surface area contributed by atoms with Gasteiger partial charge in [0.1, 0.15) is 12.1 Å². The third-order valence-corrected chi connectivity index (χ3v) is 6.67. The van der Waals surface area contributed by atoms with E-state index in [1.165, 1.54) is 24.9 Å². The second kappa shape index (κ2) is 7.84. The summed E-state index contributed by atoms with van der Waals surface area (Å²) in [6.45, 7) is 0.179. The number of hydrogen-bond donors (Lipinski definition) is 1. The SMILES string of the molecule is Nc1nccc(N(Cc2cocn2)c2ccc(S(=O)(=O)C(F)(F)F)cc2C2CCC2)n1. The first kappa shape index (κ1) is 21.1. The minimum Gasteiger partial charge on any atom is -0.451 e. The van der Waals surface area contributed by atoms with Crippen LogP contribution in [0.15, 0.2) is 52.4 Å². The Kier molecular flexibility index (Phi) is 5.33. The predicted octanol–water partition coefficient (Wildman–Crippen LogP) is 3.95. The Hall–Kier alpha value is -3.15. The zero-order valence-electron chi connectivity index (χ0n) is 16.1. The van der Waals surface area contributed by atoms with Crippen molar-refractivity contribution in [3.05, 3.63) is 54.4 Å². The second-order valence-corrected chi connectivity index (χ2v) is 9.08. The van der Waals surface area contributed by atoms with Gasteiger partial charge in [-0.1, -0.05) is 6.42 Å². The van der Waals surface area contributed by atoms with Gasteiger partial charge in [0, 0.05) is 11.9 Å². The van der Waals surface area contributed by atoms with Crippen LogP contribution in [0.1, 0.15) is 36.4 Å². The van der Waals surface area contributed by atoms with Crippen molar-refractivity contribution in [2.24, 2.45) is 0 Å². The molecule has 4 rings (SSSR count). The van der Waals surface area contributed by atoms with Crippen molar-refractivity contribution in [3.8, 4) is 0 Å². The van der Waals surface area contributed by atoms with Gasteiger partial charge in [-0.15, -0.1) is 0 Å². The Bertz CT molecular complexity index is 1180. The number of anilines is 3. The van der Waals surface area contributed by atoms with E-state index in [2.05, 4.69) is 15.0 Å². The molecule has 31 heavy (non-hydrogen) atoms. The summed E-state index contributed by atoms with van der Waals surface area (Å²) in [5, 5.41) is 0. The molecule has 8 nitrogen and oxygen atoms in total. The van der Waals surface area contributed by atoms with E-state index in [0.29, 0.717) is 22.8 Å². The van der Waals surface area contributed by atoms with E-state index in [4.69, 9.17) is 10.2 Å². The van der Waals surface area contributed by atoms with Gasteiger partial charge in [0.25, 0.3) is 9.84 Å². The molecule has 0 unspecified atom stereocenters. The van der Waals surface area contributed by atoms with Crippen LogP contribution in [0, 0.1) is 0 Å². The number of oxazole rings is 1. The topological polar surface area (TPSA) is 115 Å². The molecule has 0 bridgehead atoms. The maximum Gasteiger partial charge on any atom is 0.501 e. The molecule has 0 aliphatic heterocycles. The molecule has 0 radical (unpaired) electrons. The monoisotopic (exact) mass is 453 g/mol. The van der Waals surface area contributed by atoms with E-state index in [0.717, 1.165) is 31.4 Å². The smallest absolute Gasteiger partial charge is 0.451 e. The number of benzene rings is 1. The van der Waals surface area contributed by atoms with Gasteiger partial charge in [0.05, 0.1) is 17.1 Å². The molecule has 1 saturated carbocycles. The second-order valence-electron chi connectivity index (χ2n) is 7.14. The van der Waals surface area contributed by atoms with Crippen molar-refractivity contribution < 1.29 is 26.0 Å². The van der Waals surface area contributed by atoms with Gasteiger partial charge < -0.3 is 15.1 Å². The normalized spacial score (nSPS) is 14.9. The van der Waals surface area contributed by atoms with E-state index < -0.39 is 20.2 Å². The van der Waals surface area contributed by atoms with Crippen LogP contribution in [0.25, 0.3) is 0 Å². The van der Waals surface area contributed by atoms with Crippen LogP contribution in [0.5, 0.6) is 0 Å². The third kappa shape index (κ3) is 4.07. The molecule has 0 saturated heterocycles. The zero-order valence-corrected chi connectivity index (χ0v) is 16.9. The number of aromatic nitrogens is 3. The van der Waals surface area contributed by atoms with E-state index in [1.54, 1.807) is 11.0 Å². The van der Waals surface area contributed by atoms with Gasteiger partial charge in [-0.2, -0.15) is 18.2 Å². The van der Waals surface area contributed by atoms with Crippen molar-refractivity contribution in [2.45, 2.75) is 42.1 Å². The molecule has 164 valence electrons. The number of nitrogens with two attached hydrogens (primary N) is 1. The highest BCUT2D eigenvalue weighted by Gasteiger charge is 2.47. The van der Waals surface area contributed by atoms with Crippen LogP contribution in [0.3, 0.4) is 0 Å². The average Bonchev–Trinajstić information content (AvgIpc) is 3.17. The first-order valence-corrected chi connectivity index (χ1v) is 10.8. The molecule has 12 heteroatoms. The van der Waals surface area contributed by atoms with Crippen molar-refractivity contribution in [3.63, 3.8) is 0 Å². The molecule has 0 amide bonds. The Balaban J connectivity index is 1.86. The summed E-state index contributed by atoms with van der Waals surface area (Å²) in [5.41, 5.74) is 1.91. The van der Waals surface area contributed by atoms with Gasteiger partial charge in [0.2, 0.25) is 5.95 Å². The minimum absolute atomic E-state index is 0.0177. The fraction of sp³-hybridized carbons (Fsp3) is 0.316. The number of halogens is 3. The maximum absolute atomic E-state index is 13.1. The largest absolute Gasteiger partial charge is 0.501 e. The van der Waals surface area contributed by atoms with Gasteiger partial charge in [-0.05, 0) is 48.6 Å². The van der Waals surface area contributed by atoms with E-state index in [1.807, 2.05) is 0 Å². The summed E-state index contributed by atoms with van der Waals surface area (Å²) in [5.74, 6) is 0.337. The molecule has 0 spiro atoms. The number of nitrogen functional groups attached to an aromatic ring is 1. The first-order valence-electron chi connectivity index (χ1n) is 9.35. The number of hydrogen-bond acceptors (Lipinski definition) is 8. The summed E-state index contributed by atoms with van der Waals surface area (Å²) in [6.07, 6.45) is 6.54. The lowest BCUT2D eigenvalue weighted by molar-refractivity contribution is -0.0436. The molecule has 3 aromatic rings. The summed E-state index contributed by atoms with van der Waals surface area (Å²) in [4.78, 5) is 13.1. The van der Waals surface area contributed by atoms with E-state index in [-0.39, 0.29) is 18.4 Å². The number of sulfone groups is 1. The molecule has 1 aliphatic rings. The average molecular weight is 453 g/mol. The predicted molar refractivity (Wildman–Crippen MR) is 105 cm³/mol. The van der Waals surface area contributed by atoms with Crippen LogP contribution in [-0.2, 0) is 16.4 Å². The quantitative estimate of drug-likeness (QED) is 0.597.